The number of Topliss-reactive ketones (excluding diaryl/α,β-unsaturated/α-hetero) is 1. The minimum Gasteiger partial charge on any atom is -0.457 e. The molecule has 2 heterocycles. The summed E-state index contributed by atoms with van der Waals surface area (Å²) in [5, 5.41) is 0. The van der Waals surface area contributed by atoms with Gasteiger partial charge in [0.2, 0.25) is 0 Å². The molecule has 1 saturated heterocycles. The third-order valence-electron chi connectivity index (χ3n) is 6.28. The van der Waals surface area contributed by atoms with Crippen LogP contribution in [0.1, 0.15) is 15.9 Å². The highest BCUT2D eigenvalue weighted by molar-refractivity contribution is 6.52. The van der Waals surface area contributed by atoms with Gasteiger partial charge in [0.15, 0.2) is 0 Å². The highest BCUT2D eigenvalue weighted by Gasteiger charge is 2.36. The van der Waals surface area contributed by atoms with Crippen LogP contribution >= 0.6 is 24.8 Å². The molecule has 6 nitrogen and oxygen atoms in total. The van der Waals surface area contributed by atoms with Crippen LogP contribution in [0.15, 0.2) is 78.9 Å². The summed E-state index contributed by atoms with van der Waals surface area (Å²) in [5.41, 5.74) is 2.42. The number of benzene rings is 3. The number of ketones is 1. The number of ether oxygens (including phenoxy) is 1. The first-order valence-corrected chi connectivity index (χ1v) is 11.4. The fourth-order valence-corrected chi connectivity index (χ4v) is 4.44. The van der Waals surface area contributed by atoms with Gasteiger partial charge in [-0.3, -0.25) is 19.4 Å². The van der Waals surface area contributed by atoms with Gasteiger partial charge in [0, 0.05) is 45.8 Å². The molecule has 0 unspecified atom stereocenters. The number of para-hydroxylation sites is 1. The summed E-state index contributed by atoms with van der Waals surface area (Å²) in [6.45, 7) is 6.14. The van der Waals surface area contributed by atoms with Gasteiger partial charge >= 0.3 is 0 Å². The average molecular weight is 514 g/mol. The Bertz CT molecular complexity index is 1140. The molecule has 1 fully saturated rings. The second kappa shape index (κ2) is 12.2. The van der Waals surface area contributed by atoms with Crippen molar-refractivity contribution in [3.05, 3.63) is 90.0 Å². The molecule has 0 bridgehead atoms. The van der Waals surface area contributed by atoms with Gasteiger partial charge in [-0.05, 0) is 35.9 Å². The van der Waals surface area contributed by atoms with E-state index in [1.807, 2.05) is 48.5 Å². The van der Waals surface area contributed by atoms with Crippen molar-refractivity contribution in [3.63, 3.8) is 0 Å². The lowest BCUT2D eigenvalue weighted by atomic mass is 10.1. The van der Waals surface area contributed by atoms with E-state index in [4.69, 9.17) is 4.74 Å². The van der Waals surface area contributed by atoms with Crippen molar-refractivity contribution in [1.82, 2.24) is 9.80 Å². The molecule has 0 aliphatic carbocycles. The molecule has 8 heteroatoms. The first-order valence-electron chi connectivity index (χ1n) is 11.4. The molecule has 0 atom stereocenters. The van der Waals surface area contributed by atoms with Crippen LogP contribution in [0.5, 0.6) is 11.5 Å². The monoisotopic (exact) mass is 513 g/mol. The SMILES string of the molecule is Cl.Cl.O=C1C(=O)N(CCN2CCN(Cc3ccccc3)CC2)c2ccc(Oc3ccccc3)cc21. The van der Waals surface area contributed by atoms with Gasteiger partial charge < -0.3 is 9.64 Å². The molecule has 2 aliphatic heterocycles. The third-order valence-corrected chi connectivity index (χ3v) is 6.28. The zero-order valence-electron chi connectivity index (χ0n) is 19.3. The predicted molar refractivity (Wildman–Crippen MR) is 142 cm³/mol. The van der Waals surface area contributed by atoms with E-state index >= 15 is 0 Å². The molecule has 3 aromatic carbocycles. The van der Waals surface area contributed by atoms with Crippen molar-refractivity contribution in [2.45, 2.75) is 6.54 Å². The number of halogens is 2. The summed E-state index contributed by atoms with van der Waals surface area (Å²) in [4.78, 5) is 31.7. The van der Waals surface area contributed by atoms with Crippen LogP contribution in [0.2, 0.25) is 0 Å². The Balaban J connectivity index is 0.00000171. The standard InChI is InChI=1S/C27H27N3O3.2ClH/c31-26-24-19-23(33-22-9-5-2-6-10-22)11-12-25(24)30(27(26)32)18-17-28-13-15-29(16-14-28)20-21-7-3-1-4-8-21;;/h1-12,19H,13-18,20H2;2*1H. The van der Waals surface area contributed by atoms with Crippen molar-refractivity contribution >= 4 is 42.2 Å². The molecule has 3 aromatic rings. The number of carbonyl (C=O) groups is 2. The molecule has 184 valence electrons. The average Bonchev–Trinajstić information content (AvgIpc) is 3.09. The van der Waals surface area contributed by atoms with Gasteiger partial charge in [-0.2, -0.15) is 0 Å². The molecule has 1 amide bonds. The summed E-state index contributed by atoms with van der Waals surface area (Å²) < 4.78 is 5.84. The summed E-state index contributed by atoms with van der Waals surface area (Å²) in [6.07, 6.45) is 0. The first kappa shape index (κ1) is 26.7. The molecule has 5 rings (SSSR count). The summed E-state index contributed by atoms with van der Waals surface area (Å²) in [5.74, 6) is 0.329. The normalized spacial score (nSPS) is 15.8. The van der Waals surface area contributed by atoms with Crippen LogP contribution in [-0.4, -0.2) is 60.8 Å². The quantitative estimate of drug-likeness (QED) is 0.429. The number of carbonyl (C=O) groups excluding carboxylic acids is 2. The highest BCUT2D eigenvalue weighted by Crippen LogP contribution is 2.33. The zero-order valence-corrected chi connectivity index (χ0v) is 21.0. The van der Waals surface area contributed by atoms with Crippen molar-refractivity contribution in [2.24, 2.45) is 0 Å². The maximum absolute atomic E-state index is 12.7. The smallest absolute Gasteiger partial charge is 0.299 e. The van der Waals surface area contributed by atoms with Crippen molar-refractivity contribution < 1.29 is 14.3 Å². The number of nitrogens with zero attached hydrogens (tertiary/aromatic N) is 3. The number of rotatable bonds is 7. The van der Waals surface area contributed by atoms with Crippen LogP contribution in [0.3, 0.4) is 0 Å². The second-order valence-corrected chi connectivity index (χ2v) is 8.48. The molecular weight excluding hydrogens is 485 g/mol. The van der Waals surface area contributed by atoms with Crippen LogP contribution in [-0.2, 0) is 11.3 Å². The summed E-state index contributed by atoms with van der Waals surface area (Å²) in [7, 11) is 0. The van der Waals surface area contributed by atoms with Gasteiger partial charge in [0.05, 0.1) is 11.3 Å². The number of hydrogen-bond acceptors (Lipinski definition) is 5. The topological polar surface area (TPSA) is 53.1 Å². The van der Waals surface area contributed by atoms with Gasteiger partial charge in [0.1, 0.15) is 11.5 Å². The lowest BCUT2D eigenvalue weighted by molar-refractivity contribution is -0.114. The molecule has 0 aromatic heterocycles. The van der Waals surface area contributed by atoms with E-state index in [1.54, 1.807) is 11.0 Å². The van der Waals surface area contributed by atoms with Gasteiger partial charge in [0.25, 0.3) is 11.7 Å². The number of anilines is 1. The highest BCUT2D eigenvalue weighted by atomic mass is 35.5. The molecule has 0 saturated carbocycles. The minimum absolute atomic E-state index is 0. The van der Waals surface area contributed by atoms with Gasteiger partial charge in [-0.25, -0.2) is 0 Å². The van der Waals surface area contributed by atoms with Gasteiger partial charge in [-0.1, -0.05) is 48.5 Å². The first-order chi connectivity index (χ1) is 16.2. The fraction of sp³-hybridized carbons (Fsp3) is 0.259. The summed E-state index contributed by atoms with van der Waals surface area (Å²) >= 11 is 0. The maximum atomic E-state index is 12.7. The zero-order chi connectivity index (χ0) is 22.6. The number of amides is 1. The Hall–Kier alpha value is -2.90. The Morgan fingerprint density at radius 1 is 0.686 bits per heavy atom. The van der Waals surface area contributed by atoms with Crippen molar-refractivity contribution in [1.29, 1.82) is 0 Å². The predicted octanol–water partition coefficient (Wildman–Crippen LogP) is 4.67. The van der Waals surface area contributed by atoms with E-state index in [9.17, 15) is 9.59 Å². The van der Waals surface area contributed by atoms with Crippen LogP contribution in [0.25, 0.3) is 0 Å². The second-order valence-electron chi connectivity index (χ2n) is 8.48. The Kier molecular flexibility index (Phi) is 9.29. The van der Waals surface area contributed by atoms with E-state index in [-0.39, 0.29) is 24.8 Å². The van der Waals surface area contributed by atoms with E-state index in [2.05, 4.69) is 34.1 Å². The molecule has 0 N–H and O–H groups in total. The van der Waals surface area contributed by atoms with E-state index in [0.717, 1.165) is 39.3 Å². The Morgan fingerprint density at radius 3 is 2.00 bits per heavy atom. The number of fused-ring (bicyclic) bond motifs is 1. The molecular formula is C27H29Cl2N3O3. The van der Waals surface area contributed by atoms with E-state index in [1.165, 1.54) is 5.56 Å². The summed E-state index contributed by atoms with van der Waals surface area (Å²) in [6, 6.07) is 25.2. The van der Waals surface area contributed by atoms with E-state index in [0.29, 0.717) is 29.3 Å². The fourth-order valence-electron chi connectivity index (χ4n) is 4.44. The number of hydrogen-bond donors (Lipinski definition) is 0. The van der Waals surface area contributed by atoms with Crippen molar-refractivity contribution in [3.8, 4) is 11.5 Å². The molecule has 2 aliphatic rings. The molecule has 0 spiro atoms. The third kappa shape index (κ3) is 6.21. The molecule has 35 heavy (non-hydrogen) atoms. The minimum atomic E-state index is -0.462. The van der Waals surface area contributed by atoms with Crippen LogP contribution in [0, 0.1) is 0 Å². The Morgan fingerprint density at radius 2 is 1.31 bits per heavy atom. The Labute approximate surface area is 218 Å². The molecule has 0 radical (unpaired) electrons. The van der Waals surface area contributed by atoms with Crippen molar-refractivity contribution in [2.75, 3.05) is 44.2 Å². The van der Waals surface area contributed by atoms with Gasteiger partial charge in [-0.15, -0.1) is 24.8 Å². The lowest BCUT2D eigenvalue weighted by Crippen LogP contribution is -2.48. The largest absolute Gasteiger partial charge is 0.457 e. The number of piperazine rings is 1. The van der Waals surface area contributed by atoms with E-state index < -0.39 is 11.7 Å². The van der Waals surface area contributed by atoms with Crippen LogP contribution < -0.4 is 9.64 Å². The lowest BCUT2D eigenvalue weighted by Gasteiger charge is -2.35. The van der Waals surface area contributed by atoms with Crippen LogP contribution in [0.4, 0.5) is 5.69 Å². The maximum Gasteiger partial charge on any atom is 0.299 e.